The number of carbonyl (C=O) groups is 1. The summed E-state index contributed by atoms with van der Waals surface area (Å²) in [7, 11) is 0. The normalized spacial score (nSPS) is 22.4. The maximum Gasteiger partial charge on any atom is 0.319 e. The minimum absolute atomic E-state index is 0.175. The molecule has 2 fully saturated rings. The number of hydrogen-bond donors (Lipinski definition) is 0. The van der Waals surface area contributed by atoms with Crippen molar-refractivity contribution >= 4 is 5.91 Å². The predicted octanol–water partition coefficient (Wildman–Crippen LogP) is 2.36. The van der Waals surface area contributed by atoms with E-state index in [-0.39, 0.29) is 11.8 Å². The van der Waals surface area contributed by atoms with Gasteiger partial charge in [-0.1, -0.05) is 13.8 Å². The zero-order chi connectivity index (χ0) is 16.6. The van der Waals surface area contributed by atoms with Crippen LogP contribution in [0.1, 0.15) is 39.1 Å². The first-order valence-corrected chi connectivity index (χ1v) is 8.17. The fourth-order valence-corrected chi connectivity index (χ4v) is 3.68. The molecule has 1 aliphatic carbocycles. The van der Waals surface area contributed by atoms with Crippen LogP contribution in [0, 0.1) is 11.3 Å². The third kappa shape index (κ3) is 3.54. The fraction of sp³-hybridized carbons (Fsp3) is 0.750. The highest BCUT2D eigenvalue weighted by atomic mass is 19.3. The lowest BCUT2D eigenvalue weighted by molar-refractivity contribution is -0.144. The van der Waals surface area contributed by atoms with Crippen molar-refractivity contribution in [3.8, 4) is 0 Å². The molecule has 1 amide bonds. The predicted molar refractivity (Wildman–Crippen MR) is 81.8 cm³/mol. The van der Waals surface area contributed by atoms with Crippen LogP contribution in [-0.2, 0) is 11.3 Å². The molecule has 1 aliphatic heterocycles. The minimum atomic E-state index is -2.56. The molecule has 0 radical (unpaired) electrons. The van der Waals surface area contributed by atoms with Gasteiger partial charge in [0.25, 0.3) is 0 Å². The van der Waals surface area contributed by atoms with Gasteiger partial charge in [0.1, 0.15) is 5.82 Å². The van der Waals surface area contributed by atoms with Crippen molar-refractivity contribution < 1.29 is 13.6 Å². The van der Waals surface area contributed by atoms with E-state index >= 15 is 0 Å². The Bertz CT molecular complexity index is 556. The first kappa shape index (κ1) is 16.4. The Hall–Kier alpha value is -1.50. The third-order valence-corrected chi connectivity index (χ3v) is 4.96. The van der Waals surface area contributed by atoms with Gasteiger partial charge in [0, 0.05) is 44.5 Å². The van der Waals surface area contributed by atoms with E-state index in [1.807, 2.05) is 4.90 Å². The number of imidazole rings is 1. The lowest BCUT2D eigenvalue weighted by Crippen LogP contribution is -2.52. The quantitative estimate of drug-likeness (QED) is 0.853. The molecule has 5 nitrogen and oxygen atoms in total. The molecule has 3 rings (SSSR count). The summed E-state index contributed by atoms with van der Waals surface area (Å²) in [5.74, 6) is 0.813. The number of alkyl halides is 2. The van der Waals surface area contributed by atoms with Crippen LogP contribution in [0.15, 0.2) is 12.4 Å². The summed E-state index contributed by atoms with van der Waals surface area (Å²) in [5.41, 5.74) is 0.300. The smallest absolute Gasteiger partial charge is 0.319 e. The van der Waals surface area contributed by atoms with E-state index < -0.39 is 6.55 Å². The maximum absolute atomic E-state index is 12.8. The Balaban J connectivity index is 1.49. The van der Waals surface area contributed by atoms with Crippen molar-refractivity contribution in [2.24, 2.45) is 11.3 Å². The van der Waals surface area contributed by atoms with Crippen LogP contribution in [0.5, 0.6) is 0 Å². The zero-order valence-corrected chi connectivity index (χ0v) is 13.7. The van der Waals surface area contributed by atoms with Gasteiger partial charge in [-0.05, 0) is 18.3 Å². The number of piperazine rings is 1. The van der Waals surface area contributed by atoms with Gasteiger partial charge in [0.05, 0.1) is 6.54 Å². The molecule has 2 heterocycles. The van der Waals surface area contributed by atoms with E-state index in [1.165, 1.54) is 12.4 Å². The number of carbonyl (C=O) groups excluding carboxylic acids is 1. The van der Waals surface area contributed by atoms with Crippen molar-refractivity contribution in [2.75, 3.05) is 26.2 Å². The first-order chi connectivity index (χ1) is 10.9. The van der Waals surface area contributed by atoms with Gasteiger partial charge in [-0.2, -0.15) is 8.78 Å². The molecule has 0 spiro atoms. The molecule has 23 heavy (non-hydrogen) atoms. The molecular formula is C16H24F2N4O. The SMILES string of the molecule is CC1(C)CC(C(=O)N2CCN(Cc3nccn3C(F)F)CC2)C1. The molecule has 0 N–H and O–H groups in total. The number of aromatic nitrogens is 2. The Kier molecular flexibility index (Phi) is 4.40. The van der Waals surface area contributed by atoms with Crippen molar-refractivity contribution in [3.63, 3.8) is 0 Å². The number of amides is 1. The van der Waals surface area contributed by atoms with Crippen molar-refractivity contribution in [3.05, 3.63) is 18.2 Å². The summed E-state index contributed by atoms with van der Waals surface area (Å²) < 4.78 is 26.6. The Morgan fingerprint density at radius 2 is 1.96 bits per heavy atom. The highest BCUT2D eigenvalue weighted by molar-refractivity contribution is 5.80. The second-order valence-electron chi connectivity index (χ2n) is 7.40. The monoisotopic (exact) mass is 326 g/mol. The highest BCUT2D eigenvalue weighted by Crippen LogP contribution is 2.45. The molecule has 2 aliphatic rings. The van der Waals surface area contributed by atoms with E-state index in [4.69, 9.17) is 0 Å². The van der Waals surface area contributed by atoms with Crippen LogP contribution >= 0.6 is 0 Å². The Morgan fingerprint density at radius 3 is 2.52 bits per heavy atom. The first-order valence-electron chi connectivity index (χ1n) is 8.17. The molecule has 1 aromatic heterocycles. The topological polar surface area (TPSA) is 41.4 Å². The van der Waals surface area contributed by atoms with Gasteiger partial charge in [0.15, 0.2) is 0 Å². The van der Waals surface area contributed by atoms with E-state index in [2.05, 4.69) is 23.7 Å². The van der Waals surface area contributed by atoms with Crippen LogP contribution in [-0.4, -0.2) is 51.4 Å². The summed E-state index contributed by atoms with van der Waals surface area (Å²) in [6.45, 7) is 4.99. The van der Waals surface area contributed by atoms with Gasteiger partial charge in [-0.25, -0.2) is 4.98 Å². The minimum Gasteiger partial charge on any atom is -0.340 e. The highest BCUT2D eigenvalue weighted by Gasteiger charge is 2.42. The van der Waals surface area contributed by atoms with Crippen LogP contribution in [0.25, 0.3) is 0 Å². The lowest BCUT2D eigenvalue weighted by Gasteiger charge is -2.45. The van der Waals surface area contributed by atoms with Gasteiger partial charge in [-0.15, -0.1) is 0 Å². The van der Waals surface area contributed by atoms with Crippen molar-refractivity contribution in [1.29, 1.82) is 0 Å². The molecule has 0 aromatic carbocycles. The molecule has 128 valence electrons. The number of hydrogen-bond acceptors (Lipinski definition) is 3. The largest absolute Gasteiger partial charge is 0.340 e. The second kappa shape index (κ2) is 6.19. The molecule has 1 saturated heterocycles. The summed E-state index contributed by atoms with van der Waals surface area (Å²) >= 11 is 0. The Labute approximate surface area is 135 Å². The van der Waals surface area contributed by atoms with Gasteiger partial charge in [-0.3, -0.25) is 14.3 Å². The maximum atomic E-state index is 12.8. The van der Waals surface area contributed by atoms with Gasteiger partial charge in [0.2, 0.25) is 5.91 Å². The van der Waals surface area contributed by atoms with E-state index in [0.717, 1.165) is 17.4 Å². The van der Waals surface area contributed by atoms with E-state index in [1.54, 1.807) is 0 Å². The second-order valence-corrected chi connectivity index (χ2v) is 7.40. The summed E-state index contributed by atoms with van der Waals surface area (Å²) in [6, 6.07) is 0. The van der Waals surface area contributed by atoms with E-state index in [9.17, 15) is 13.6 Å². The van der Waals surface area contributed by atoms with Crippen LogP contribution in [0.2, 0.25) is 0 Å². The molecule has 1 saturated carbocycles. The van der Waals surface area contributed by atoms with Gasteiger partial charge < -0.3 is 4.90 Å². The number of nitrogens with zero attached hydrogens (tertiary/aromatic N) is 4. The Morgan fingerprint density at radius 1 is 1.30 bits per heavy atom. The molecule has 7 heteroatoms. The number of halogens is 2. The zero-order valence-electron chi connectivity index (χ0n) is 13.7. The summed E-state index contributed by atoms with van der Waals surface area (Å²) in [4.78, 5) is 20.4. The molecule has 1 aromatic rings. The average molecular weight is 326 g/mol. The molecule has 0 unspecified atom stereocenters. The van der Waals surface area contributed by atoms with Crippen LogP contribution < -0.4 is 0 Å². The number of rotatable bonds is 4. The van der Waals surface area contributed by atoms with Gasteiger partial charge >= 0.3 is 6.55 Å². The standard InChI is InChI=1S/C16H24F2N4O/c1-16(2)9-12(10-16)14(23)21-7-5-20(6-8-21)11-13-19-3-4-22(13)15(17)18/h3-4,12,15H,5-11H2,1-2H3. The summed E-state index contributed by atoms with van der Waals surface area (Å²) in [5, 5.41) is 0. The lowest BCUT2D eigenvalue weighted by atomic mass is 9.64. The third-order valence-electron chi connectivity index (χ3n) is 4.96. The van der Waals surface area contributed by atoms with Crippen LogP contribution in [0.4, 0.5) is 8.78 Å². The fourth-order valence-electron chi connectivity index (χ4n) is 3.68. The van der Waals surface area contributed by atoms with Crippen molar-refractivity contribution in [2.45, 2.75) is 39.8 Å². The molecule has 0 atom stereocenters. The van der Waals surface area contributed by atoms with Crippen molar-refractivity contribution in [1.82, 2.24) is 19.4 Å². The van der Waals surface area contributed by atoms with E-state index in [0.29, 0.717) is 44.0 Å². The average Bonchev–Trinajstić information content (AvgIpc) is 2.93. The molecule has 0 bridgehead atoms. The van der Waals surface area contributed by atoms with Crippen LogP contribution in [0.3, 0.4) is 0 Å². The summed E-state index contributed by atoms with van der Waals surface area (Å²) in [6.07, 6.45) is 4.65. The molecular weight excluding hydrogens is 302 g/mol.